The highest BCUT2D eigenvalue weighted by atomic mass is 16.2. The molecule has 1 saturated carbocycles. The standard InChI is InChI=1S/C11H18N2O2/c1-13-7-9(6-10(13)14)12-11(15)8-4-2-3-5-8/h8-9H,2-7H2,1H3,(H,12,15). The van der Waals surface area contributed by atoms with Gasteiger partial charge < -0.3 is 10.2 Å². The average molecular weight is 210 g/mol. The lowest BCUT2D eigenvalue weighted by Crippen LogP contribution is -2.39. The van der Waals surface area contributed by atoms with E-state index in [1.807, 2.05) is 0 Å². The fourth-order valence-corrected chi connectivity index (χ4v) is 2.47. The molecule has 1 atom stereocenters. The normalized spacial score (nSPS) is 27.4. The number of nitrogens with one attached hydrogen (secondary N) is 1. The fourth-order valence-electron chi connectivity index (χ4n) is 2.47. The molecule has 2 fully saturated rings. The second-order valence-corrected chi connectivity index (χ2v) is 4.67. The predicted molar refractivity (Wildman–Crippen MR) is 56.1 cm³/mol. The van der Waals surface area contributed by atoms with E-state index in [-0.39, 0.29) is 23.8 Å². The maximum atomic E-state index is 11.8. The Balaban J connectivity index is 1.82. The van der Waals surface area contributed by atoms with E-state index < -0.39 is 0 Å². The molecule has 1 saturated heterocycles. The topological polar surface area (TPSA) is 49.4 Å². The first kappa shape index (κ1) is 10.5. The Morgan fingerprint density at radius 1 is 1.40 bits per heavy atom. The molecule has 0 aromatic rings. The smallest absolute Gasteiger partial charge is 0.224 e. The van der Waals surface area contributed by atoms with Gasteiger partial charge in [0.2, 0.25) is 11.8 Å². The SMILES string of the molecule is CN1CC(NC(=O)C2CCCC2)CC1=O. The van der Waals surface area contributed by atoms with E-state index >= 15 is 0 Å². The zero-order valence-corrected chi connectivity index (χ0v) is 9.16. The highest BCUT2D eigenvalue weighted by molar-refractivity contribution is 5.83. The van der Waals surface area contributed by atoms with Crippen molar-refractivity contribution >= 4 is 11.8 Å². The van der Waals surface area contributed by atoms with E-state index in [1.54, 1.807) is 11.9 Å². The molecule has 2 aliphatic rings. The molecule has 0 bridgehead atoms. The Kier molecular flexibility index (Phi) is 2.93. The summed E-state index contributed by atoms with van der Waals surface area (Å²) in [7, 11) is 1.78. The number of carbonyl (C=O) groups excluding carboxylic acids is 2. The van der Waals surface area contributed by atoms with Crippen molar-refractivity contribution in [2.75, 3.05) is 13.6 Å². The molecule has 2 amide bonds. The van der Waals surface area contributed by atoms with E-state index in [1.165, 1.54) is 12.8 Å². The van der Waals surface area contributed by atoms with Crippen molar-refractivity contribution in [3.8, 4) is 0 Å². The molecule has 1 aliphatic heterocycles. The molecule has 4 heteroatoms. The van der Waals surface area contributed by atoms with Crippen molar-refractivity contribution in [3.63, 3.8) is 0 Å². The van der Waals surface area contributed by atoms with Crippen LogP contribution in [0.1, 0.15) is 32.1 Å². The first-order chi connectivity index (χ1) is 7.16. The fraction of sp³-hybridized carbons (Fsp3) is 0.818. The molecule has 15 heavy (non-hydrogen) atoms. The zero-order valence-electron chi connectivity index (χ0n) is 9.16. The number of nitrogens with zero attached hydrogens (tertiary/aromatic N) is 1. The number of hydrogen-bond donors (Lipinski definition) is 1. The number of likely N-dealkylation sites (tertiary alicyclic amines) is 1. The van der Waals surface area contributed by atoms with Gasteiger partial charge in [-0.3, -0.25) is 9.59 Å². The number of likely N-dealkylation sites (N-methyl/N-ethyl adjacent to an activating group) is 1. The van der Waals surface area contributed by atoms with Gasteiger partial charge in [0.05, 0.1) is 6.04 Å². The molecule has 0 spiro atoms. The number of rotatable bonds is 2. The van der Waals surface area contributed by atoms with Crippen LogP contribution in [-0.2, 0) is 9.59 Å². The Morgan fingerprint density at radius 3 is 2.60 bits per heavy atom. The molecule has 1 N–H and O–H groups in total. The Bertz CT molecular complexity index is 272. The van der Waals surface area contributed by atoms with Crippen molar-refractivity contribution in [1.82, 2.24) is 10.2 Å². The molecule has 2 rings (SSSR count). The van der Waals surface area contributed by atoms with Crippen LogP contribution in [0, 0.1) is 5.92 Å². The molecular formula is C11H18N2O2. The van der Waals surface area contributed by atoms with Crippen LogP contribution < -0.4 is 5.32 Å². The van der Waals surface area contributed by atoms with E-state index in [0.29, 0.717) is 13.0 Å². The van der Waals surface area contributed by atoms with Gasteiger partial charge in [0.1, 0.15) is 0 Å². The molecule has 4 nitrogen and oxygen atoms in total. The van der Waals surface area contributed by atoms with Gasteiger partial charge in [-0.05, 0) is 12.8 Å². The summed E-state index contributed by atoms with van der Waals surface area (Å²) >= 11 is 0. The Hall–Kier alpha value is -1.06. The molecule has 0 aromatic carbocycles. The van der Waals surface area contributed by atoms with Gasteiger partial charge in [-0.1, -0.05) is 12.8 Å². The number of carbonyl (C=O) groups is 2. The van der Waals surface area contributed by atoms with Crippen molar-refractivity contribution in [2.45, 2.75) is 38.1 Å². The Labute approximate surface area is 90.0 Å². The average Bonchev–Trinajstić information content (AvgIpc) is 2.77. The minimum atomic E-state index is 0.0376. The summed E-state index contributed by atoms with van der Waals surface area (Å²) in [6.07, 6.45) is 4.84. The van der Waals surface area contributed by atoms with Crippen molar-refractivity contribution in [3.05, 3.63) is 0 Å². The third-order valence-electron chi connectivity index (χ3n) is 3.41. The molecule has 0 aromatic heterocycles. The molecular weight excluding hydrogens is 192 g/mol. The van der Waals surface area contributed by atoms with E-state index in [9.17, 15) is 9.59 Å². The van der Waals surface area contributed by atoms with Crippen LogP contribution in [0.25, 0.3) is 0 Å². The van der Waals surface area contributed by atoms with Crippen LogP contribution in [0.3, 0.4) is 0 Å². The van der Waals surface area contributed by atoms with Crippen LogP contribution in [0.2, 0.25) is 0 Å². The monoisotopic (exact) mass is 210 g/mol. The van der Waals surface area contributed by atoms with Crippen LogP contribution in [0.4, 0.5) is 0 Å². The lowest BCUT2D eigenvalue weighted by Gasteiger charge is -2.15. The van der Waals surface area contributed by atoms with Crippen LogP contribution >= 0.6 is 0 Å². The molecule has 1 heterocycles. The zero-order chi connectivity index (χ0) is 10.8. The number of amides is 2. The first-order valence-corrected chi connectivity index (χ1v) is 5.71. The third-order valence-corrected chi connectivity index (χ3v) is 3.41. The molecule has 1 unspecified atom stereocenters. The van der Waals surface area contributed by atoms with Gasteiger partial charge in [0.25, 0.3) is 0 Å². The van der Waals surface area contributed by atoms with Crippen LogP contribution in [0.5, 0.6) is 0 Å². The predicted octanol–water partition coefficient (Wildman–Crippen LogP) is 0.523. The summed E-state index contributed by atoms with van der Waals surface area (Å²) in [5, 5.41) is 2.98. The van der Waals surface area contributed by atoms with Crippen molar-refractivity contribution in [1.29, 1.82) is 0 Å². The summed E-state index contributed by atoms with van der Waals surface area (Å²) in [4.78, 5) is 24.7. The minimum absolute atomic E-state index is 0.0376. The molecule has 84 valence electrons. The summed E-state index contributed by atoms with van der Waals surface area (Å²) in [5.41, 5.74) is 0. The minimum Gasteiger partial charge on any atom is -0.351 e. The summed E-state index contributed by atoms with van der Waals surface area (Å²) in [5.74, 6) is 0.485. The highest BCUT2D eigenvalue weighted by Crippen LogP contribution is 2.25. The highest BCUT2D eigenvalue weighted by Gasteiger charge is 2.30. The van der Waals surface area contributed by atoms with Crippen LogP contribution in [0.15, 0.2) is 0 Å². The maximum absolute atomic E-state index is 11.8. The second-order valence-electron chi connectivity index (χ2n) is 4.67. The summed E-state index contributed by atoms with van der Waals surface area (Å²) < 4.78 is 0. The molecule has 1 aliphatic carbocycles. The largest absolute Gasteiger partial charge is 0.351 e. The second kappa shape index (κ2) is 4.21. The third kappa shape index (κ3) is 2.30. The van der Waals surface area contributed by atoms with Gasteiger partial charge in [-0.15, -0.1) is 0 Å². The quantitative estimate of drug-likeness (QED) is 0.722. The van der Waals surface area contributed by atoms with Crippen LogP contribution in [-0.4, -0.2) is 36.3 Å². The van der Waals surface area contributed by atoms with Gasteiger partial charge >= 0.3 is 0 Å². The summed E-state index contributed by atoms with van der Waals surface area (Å²) in [6, 6.07) is 0.0376. The van der Waals surface area contributed by atoms with E-state index in [0.717, 1.165) is 12.8 Å². The number of hydrogen-bond acceptors (Lipinski definition) is 2. The van der Waals surface area contributed by atoms with Gasteiger partial charge in [0, 0.05) is 25.9 Å². The summed E-state index contributed by atoms with van der Waals surface area (Å²) in [6.45, 7) is 0.664. The van der Waals surface area contributed by atoms with Gasteiger partial charge in [0.15, 0.2) is 0 Å². The van der Waals surface area contributed by atoms with E-state index in [2.05, 4.69) is 5.32 Å². The van der Waals surface area contributed by atoms with Crippen molar-refractivity contribution in [2.24, 2.45) is 5.92 Å². The van der Waals surface area contributed by atoms with Gasteiger partial charge in [-0.2, -0.15) is 0 Å². The van der Waals surface area contributed by atoms with Gasteiger partial charge in [-0.25, -0.2) is 0 Å². The lowest BCUT2D eigenvalue weighted by molar-refractivity contribution is -0.126. The van der Waals surface area contributed by atoms with E-state index in [4.69, 9.17) is 0 Å². The molecule has 0 radical (unpaired) electrons. The first-order valence-electron chi connectivity index (χ1n) is 5.71. The Morgan fingerprint density at radius 2 is 2.07 bits per heavy atom. The maximum Gasteiger partial charge on any atom is 0.224 e. The van der Waals surface area contributed by atoms with Crippen molar-refractivity contribution < 1.29 is 9.59 Å². The lowest BCUT2D eigenvalue weighted by atomic mass is 10.1.